The second-order valence-corrected chi connectivity index (χ2v) is 4.47. The predicted molar refractivity (Wildman–Crippen MR) is 65.3 cm³/mol. The Morgan fingerprint density at radius 3 is 2.61 bits per heavy atom. The average Bonchev–Trinajstić information content (AvgIpc) is 2.28. The Morgan fingerprint density at radius 1 is 1.44 bits per heavy atom. The minimum Gasteiger partial charge on any atom is -0.478 e. The van der Waals surface area contributed by atoms with E-state index < -0.39 is 23.3 Å². The fourth-order valence-electron chi connectivity index (χ4n) is 1.37. The van der Waals surface area contributed by atoms with E-state index in [9.17, 15) is 18.0 Å². The molecular weight excluding hydrogens is 267 g/mol. The Balaban J connectivity index is 3.02. The monoisotopic (exact) mass is 279 g/mol. The summed E-state index contributed by atoms with van der Waals surface area (Å²) >= 11 is 1.56. The molecule has 3 nitrogen and oxygen atoms in total. The molecule has 0 aliphatic rings. The van der Waals surface area contributed by atoms with Crippen LogP contribution >= 0.6 is 11.8 Å². The van der Waals surface area contributed by atoms with Crippen molar-refractivity contribution in [2.24, 2.45) is 0 Å². The molecule has 1 aromatic rings. The van der Waals surface area contributed by atoms with Gasteiger partial charge in [0, 0.05) is 18.0 Å². The van der Waals surface area contributed by atoms with Gasteiger partial charge in [-0.25, -0.2) is 4.79 Å². The molecule has 0 saturated heterocycles. The molecule has 18 heavy (non-hydrogen) atoms. The number of rotatable bonds is 5. The number of carbonyl (C=O) groups is 1. The molecule has 0 aliphatic carbocycles. The van der Waals surface area contributed by atoms with Gasteiger partial charge in [0.15, 0.2) is 0 Å². The molecule has 1 rings (SSSR count). The summed E-state index contributed by atoms with van der Waals surface area (Å²) in [6, 6.07) is 3.12. The van der Waals surface area contributed by atoms with Gasteiger partial charge in [-0.2, -0.15) is 24.9 Å². The van der Waals surface area contributed by atoms with Gasteiger partial charge in [0.2, 0.25) is 0 Å². The largest absolute Gasteiger partial charge is 0.478 e. The maximum Gasteiger partial charge on any atom is 0.417 e. The molecule has 100 valence electrons. The summed E-state index contributed by atoms with van der Waals surface area (Å²) in [5.74, 6) is -0.833. The van der Waals surface area contributed by atoms with Crippen LogP contribution in [-0.4, -0.2) is 29.6 Å². The average molecular weight is 279 g/mol. The topological polar surface area (TPSA) is 49.3 Å². The van der Waals surface area contributed by atoms with E-state index in [4.69, 9.17) is 5.11 Å². The van der Waals surface area contributed by atoms with Gasteiger partial charge in [0.1, 0.15) is 0 Å². The number of carboxylic acid groups (broad SMARTS) is 1. The number of aromatic carboxylic acids is 1. The maximum atomic E-state index is 12.7. The molecule has 0 aromatic heterocycles. The highest BCUT2D eigenvalue weighted by Crippen LogP contribution is 2.33. The lowest BCUT2D eigenvalue weighted by atomic mass is 10.1. The van der Waals surface area contributed by atoms with Crippen molar-refractivity contribution in [3.05, 3.63) is 29.3 Å². The van der Waals surface area contributed by atoms with Crippen LogP contribution in [0.4, 0.5) is 18.9 Å². The number of hydrogen-bond donors (Lipinski definition) is 2. The lowest BCUT2D eigenvalue weighted by Gasteiger charge is -2.13. The quantitative estimate of drug-likeness (QED) is 0.813. The number of hydrogen-bond acceptors (Lipinski definition) is 3. The van der Waals surface area contributed by atoms with Gasteiger partial charge >= 0.3 is 12.1 Å². The molecule has 0 heterocycles. The highest BCUT2D eigenvalue weighted by molar-refractivity contribution is 7.98. The van der Waals surface area contributed by atoms with E-state index in [0.29, 0.717) is 6.54 Å². The summed E-state index contributed by atoms with van der Waals surface area (Å²) in [6.45, 7) is 0.519. The minimum absolute atomic E-state index is 0.265. The molecule has 0 amide bonds. The molecular formula is C11H12F3NO2S. The Hall–Kier alpha value is -1.37. The molecule has 0 bridgehead atoms. The van der Waals surface area contributed by atoms with E-state index >= 15 is 0 Å². The van der Waals surface area contributed by atoms with Crippen LogP contribution in [0.15, 0.2) is 18.2 Å². The fourth-order valence-corrected chi connectivity index (χ4v) is 1.68. The van der Waals surface area contributed by atoms with Gasteiger partial charge in [-0.1, -0.05) is 0 Å². The van der Waals surface area contributed by atoms with E-state index in [2.05, 4.69) is 5.32 Å². The maximum absolute atomic E-state index is 12.7. The zero-order chi connectivity index (χ0) is 13.8. The number of halogens is 3. The first-order valence-corrected chi connectivity index (χ1v) is 6.43. The van der Waals surface area contributed by atoms with Crippen LogP contribution in [0.1, 0.15) is 15.9 Å². The van der Waals surface area contributed by atoms with Crippen molar-refractivity contribution in [3.63, 3.8) is 0 Å². The second-order valence-electron chi connectivity index (χ2n) is 3.48. The Labute approximate surface area is 106 Å². The molecule has 7 heteroatoms. The first-order chi connectivity index (χ1) is 8.36. The fraction of sp³-hybridized carbons (Fsp3) is 0.364. The van der Waals surface area contributed by atoms with Crippen molar-refractivity contribution in [1.82, 2.24) is 0 Å². The lowest BCUT2D eigenvalue weighted by Crippen LogP contribution is -2.14. The Bertz CT molecular complexity index is 435. The molecule has 0 aliphatic heterocycles. The molecule has 0 fully saturated rings. The number of benzene rings is 1. The first-order valence-electron chi connectivity index (χ1n) is 5.03. The smallest absolute Gasteiger partial charge is 0.417 e. The van der Waals surface area contributed by atoms with Crippen LogP contribution in [0.5, 0.6) is 0 Å². The van der Waals surface area contributed by atoms with Gasteiger partial charge in [0.05, 0.1) is 11.1 Å². The summed E-state index contributed by atoms with van der Waals surface area (Å²) in [6.07, 6.45) is -2.79. The third-order valence-electron chi connectivity index (χ3n) is 2.19. The second kappa shape index (κ2) is 5.99. The van der Waals surface area contributed by atoms with Gasteiger partial charge in [-0.3, -0.25) is 0 Å². The van der Waals surface area contributed by atoms with Crippen molar-refractivity contribution >= 4 is 23.4 Å². The van der Waals surface area contributed by atoms with Crippen LogP contribution < -0.4 is 5.32 Å². The van der Waals surface area contributed by atoms with E-state index in [1.54, 1.807) is 11.8 Å². The SMILES string of the molecule is CSCCNc1ccc(C(=O)O)c(C(F)(F)F)c1. The van der Waals surface area contributed by atoms with E-state index in [0.717, 1.165) is 17.9 Å². The number of alkyl halides is 3. The highest BCUT2D eigenvalue weighted by atomic mass is 32.2. The molecule has 0 atom stereocenters. The molecule has 2 N–H and O–H groups in total. The van der Waals surface area contributed by atoms with Crippen molar-refractivity contribution in [1.29, 1.82) is 0 Å². The molecule has 0 unspecified atom stereocenters. The summed E-state index contributed by atoms with van der Waals surface area (Å²) < 4.78 is 38.0. The van der Waals surface area contributed by atoms with Gasteiger partial charge in [-0.15, -0.1) is 0 Å². The van der Waals surface area contributed by atoms with E-state index in [1.165, 1.54) is 6.07 Å². The Kier molecular flexibility index (Phi) is 4.89. The standard InChI is InChI=1S/C11H12F3NO2S/c1-18-5-4-15-7-2-3-8(10(16)17)9(6-7)11(12,13)14/h2-3,6,15H,4-5H2,1H3,(H,16,17). The van der Waals surface area contributed by atoms with Gasteiger partial charge < -0.3 is 10.4 Å². The van der Waals surface area contributed by atoms with Gasteiger partial charge in [0.25, 0.3) is 0 Å². The van der Waals surface area contributed by atoms with Crippen LogP contribution in [0.25, 0.3) is 0 Å². The van der Waals surface area contributed by atoms with Crippen molar-refractivity contribution in [2.45, 2.75) is 6.18 Å². The third kappa shape index (κ3) is 3.83. The number of thioether (sulfide) groups is 1. The normalized spacial score (nSPS) is 11.3. The summed E-state index contributed by atoms with van der Waals surface area (Å²) in [5.41, 5.74) is -1.61. The van der Waals surface area contributed by atoms with Crippen molar-refractivity contribution in [3.8, 4) is 0 Å². The summed E-state index contributed by atoms with van der Waals surface area (Å²) in [7, 11) is 0. The van der Waals surface area contributed by atoms with Gasteiger partial charge in [-0.05, 0) is 24.5 Å². The zero-order valence-electron chi connectivity index (χ0n) is 9.54. The van der Waals surface area contributed by atoms with Crippen molar-refractivity contribution in [2.75, 3.05) is 23.9 Å². The van der Waals surface area contributed by atoms with Crippen LogP contribution in [-0.2, 0) is 6.18 Å². The van der Waals surface area contributed by atoms with E-state index in [-0.39, 0.29) is 5.69 Å². The van der Waals surface area contributed by atoms with Crippen LogP contribution in [0.2, 0.25) is 0 Å². The lowest BCUT2D eigenvalue weighted by molar-refractivity contribution is -0.138. The predicted octanol–water partition coefficient (Wildman–Crippen LogP) is 3.18. The number of carboxylic acids is 1. The third-order valence-corrected chi connectivity index (χ3v) is 2.80. The van der Waals surface area contributed by atoms with Crippen LogP contribution in [0.3, 0.4) is 0 Å². The molecule has 0 radical (unpaired) electrons. The zero-order valence-corrected chi connectivity index (χ0v) is 10.4. The minimum atomic E-state index is -4.68. The molecule has 0 spiro atoms. The number of nitrogens with one attached hydrogen (secondary N) is 1. The Morgan fingerprint density at radius 2 is 2.11 bits per heavy atom. The molecule has 0 saturated carbocycles. The highest BCUT2D eigenvalue weighted by Gasteiger charge is 2.35. The van der Waals surface area contributed by atoms with E-state index in [1.807, 2.05) is 6.26 Å². The summed E-state index contributed by atoms with van der Waals surface area (Å²) in [4.78, 5) is 10.7. The number of anilines is 1. The van der Waals surface area contributed by atoms with Crippen LogP contribution in [0, 0.1) is 0 Å². The first kappa shape index (κ1) is 14.7. The van der Waals surface area contributed by atoms with Crippen molar-refractivity contribution < 1.29 is 23.1 Å². The summed E-state index contributed by atoms with van der Waals surface area (Å²) in [5, 5.41) is 11.5. The molecule has 1 aromatic carbocycles.